The minimum Gasteiger partial charge on any atom is -0.387 e. The van der Waals surface area contributed by atoms with E-state index in [1.807, 2.05) is 0 Å². The highest BCUT2D eigenvalue weighted by atomic mass is 32.2. The Labute approximate surface area is 90.5 Å². The molecule has 1 rings (SSSR count). The third-order valence-corrected chi connectivity index (χ3v) is 3.90. The largest absolute Gasteiger partial charge is 0.387 e. The Morgan fingerprint density at radius 2 is 2.13 bits per heavy atom. The summed E-state index contributed by atoms with van der Waals surface area (Å²) in [5, 5.41) is 7.14. The van der Waals surface area contributed by atoms with Crippen LogP contribution in [0, 0.1) is 5.41 Å². The number of amidine groups is 1. The van der Waals surface area contributed by atoms with Crippen molar-refractivity contribution in [2.24, 2.45) is 5.73 Å². The molecule has 0 amide bonds. The molecule has 1 fully saturated rings. The van der Waals surface area contributed by atoms with Crippen LogP contribution in [0.2, 0.25) is 0 Å². The Morgan fingerprint density at radius 3 is 2.47 bits per heavy atom. The summed E-state index contributed by atoms with van der Waals surface area (Å²) >= 11 is 0. The predicted octanol–water partition coefficient (Wildman–Crippen LogP) is -0.370. The normalized spacial score (nSPS) is 17.3. The van der Waals surface area contributed by atoms with Gasteiger partial charge in [-0.25, -0.2) is 0 Å². The minimum absolute atomic E-state index is 0.0558. The first-order valence-electron chi connectivity index (χ1n) is 4.95. The Balaban J connectivity index is 2.71. The molecule has 0 aromatic heterocycles. The molecule has 0 heterocycles. The van der Waals surface area contributed by atoms with Gasteiger partial charge in [0.05, 0.1) is 6.54 Å². The lowest BCUT2D eigenvalue weighted by molar-refractivity contribution is 0.381. The molecule has 15 heavy (non-hydrogen) atoms. The molecule has 1 saturated carbocycles. The smallest absolute Gasteiger partial charge is 0.280 e. The van der Waals surface area contributed by atoms with Gasteiger partial charge in [-0.05, 0) is 26.7 Å². The summed E-state index contributed by atoms with van der Waals surface area (Å²) in [5.74, 6) is -0.148. The molecule has 7 heteroatoms. The van der Waals surface area contributed by atoms with Crippen LogP contribution in [0.5, 0.6) is 0 Å². The van der Waals surface area contributed by atoms with Gasteiger partial charge in [0.25, 0.3) is 10.2 Å². The molecule has 1 aliphatic carbocycles. The summed E-state index contributed by atoms with van der Waals surface area (Å²) in [6, 6.07) is -0.131. The Bertz CT molecular complexity index is 335. The quantitative estimate of drug-likeness (QED) is 0.432. The lowest BCUT2D eigenvalue weighted by atomic mass is 10.4. The van der Waals surface area contributed by atoms with Crippen molar-refractivity contribution < 1.29 is 8.42 Å². The minimum atomic E-state index is -3.49. The van der Waals surface area contributed by atoms with E-state index in [9.17, 15) is 8.42 Å². The maximum absolute atomic E-state index is 11.8. The molecule has 0 saturated heterocycles. The van der Waals surface area contributed by atoms with Gasteiger partial charge in [0.15, 0.2) is 0 Å². The van der Waals surface area contributed by atoms with E-state index >= 15 is 0 Å². The van der Waals surface area contributed by atoms with Crippen LogP contribution in [0.1, 0.15) is 26.7 Å². The molecule has 0 radical (unpaired) electrons. The first-order chi connectivity index (χ1) is 6.83. The molecule has 88 valence electrons. The number of rotatable bonds is 6. The molecule has 0 aromatic rings. The SMILES string of the molecule is CC(C)N(CC(=N)N)S(=O)(=O)NC1CC1. The summed E-state index contributed by atoms with van der Waals surface area (Å²) in [7, 11) is -3.49. The molecule has 0 bridgehead atoms. The van der Waals surface area contributed by atoms with Crippen LogP contribution >= 0.6 is 0 Å². The van der Waals surface area contributed by atoms with Crippen LogP contribution in [0.25, 0.3) is 0 Å². The van der Waals surface area contributed by atoms with E-state index < -0.39 is 10.2 Å². The van der Waals surface area contributed by atoms with Crippen molar-refractivity contribution in [3.05, 3.63) is 0 Å². The number of nitrogens with zero attached hydrogens (tertiary/aromatic N) is 1. The topological polar surface area (TPSA) is 99.3 Å². The fourth-order valence-electron chi connectivity index (χ4n) is 1.19. The van der Waals surface area contributed by atoms with Crippen molar-refractivity contribution in [1.29, 1.82) is 5.41 Å². The highest BCUT2D eigenvalue weighted by Crippen LogP contribution is 2.21. The van der Waals surface area contributed by atoms with Crippen molar-refractivity contribution >= 4 is 16.0 Å². The number of hydrogen-bond donors (Lipinski definition) is 3. The summed E-state index contributed by atoms with van der Waals surface area (Å²) in [6.07, 6.45) is 1.79. The lowest BCUT2D eigenvalue weighted by Crippen LogP contribution is -2.48. The van der Waals surface area contributed by atoms with Crippen molar-refractivity contribution in [3.63, 3.8) is 0 Å². The van der Waals surface area contributed by atoms with Crippen molar-refractivity contribution in [3.8, 4) is 0 Å². The fourth-order valence-corrected chi connectivity index (χ4v) is 2.85. The van der Waals surface area contributed by atoms with Crippen LogP contribution in [0.4, 0.5) is 0 Å². The Hall–Kier alpha value is -0.660. The van der Waals surface area contributed by atoms with Gasteiger partial charge in [0, 0.05) is 12.1 Å². The highest BCUT2D eigenvalue weighted by molar-refractivity contribution is 7.87. The van der Waals surface area contributed by atoms with E-state index in [-0.39, 0.29) is 24.5 Å². The molecule has 4 N–H and O–H groups in total. The van der Waals surface area contributed by atoms with Gasteiger partial charge < -0.3 is 5.73 Å². The zero-order valence-corrected chi connectivity index (χ0v) is 9.84. The molecular formula is C8H18N4O2S. The number of nitrogens with one attached hydrogen (secondary N) is 2. The predicted molar refractivity (Wildman–Crippen MR) is 58.8 cm³/mol. The summed E-state index contributed by atoms with van der Waals surface area (Å²) in [6.45, 7) is 3.46. The summed E-state index contributed by atoms with van der Waals surface area (Å²) < 4.78 is 27.4. The molecule has 0 atom stereocenters. The molecule has 6 nitrogen and oxygen atoms in total. The zero-order chi connectivity index (χ0) is 11.6. The van der Waals surface area contributed by atoms with Gasteiger partial charge in [0.2, 0.25) is 0 Å². The molecule has 0 aromatic carbocycles. The second-order valence-electron chi connectivity index (χ2n) is 4.06. The second-order valence-corrected chi connectivity index (χ2v) is 5.72. The maximum atomic E-state index is 11.8. The van der Waals surface area contributed by atoms with Crippen LogP contribution in [0.15, 0.2) is 0 Å². The maximum Gasteiger partial charge on any atom is 0.280 e. The monoisotopic (exact) mass is 234 g/mol. The van der Waals surface area contributed by atoms with E-state index in [1.165, 1.54) is 4.31 Å². The third-order valence-electron chi connectivity index (χ3n) is 2.10. The van der Waals surface area contributed by atoms with Crippen LogP contribution < -0.4 is 10.5 Å². The number of hydrogen-bond acceptors (Lipinski definition) is 3. The van der Waals surface area contributed by atoms with Gasteiger partial charge in [-0.1, -0.05) is 0 Å². The van der Waals surface area contributed by atoms with E-state index in [0.29, 0.717) is 0 Å². The van der Waals surface area contributed by atoms with Crippen molar-refractivity contribution in [2.45, 2.75) is 38.8 Å². The van der Waals surface area contributed by atoms with Crippen molar-refractivity contribution in [2.75, 3.05) is 6.54 Å². The molecule has 0 aliphatic heterocycles. The first kappa shape index (κ1) is 12.4. The van der Waals surface area contributed by atoms with Crippen LogP contribution in [0.3, 0.4) is 0 Å². The van der Waals surface area contributed by atoms with Gasteiger partial charge in [0.1, 0.15) is 5.84 Å². The highest BCUT2D eigenvalue weighted by Gasteiger charge is 2.32. The van der Waals surface area contributed by atoms with E-state index in [2.05, 4.69) is 4.72 Å². The van der Waals surface area contributed by atoms with E-state index in [4.69, 9.17) is 11.1 Å². The molecule has 0 spiro atoms. The third kappa shape index (κ3) is 3.77. The summed E-state index contributed by atoms with van der Waals surface area (Å²) in [5.41, 5.74) is 5.22. The standard InChI is InChI=1S/C8H18N4O2S/c1-6(2)12(5-8(9)10)15(13,14)11-7-3-4-7/h6-7,11H,3-5H2,1-2H3,(H3,9,10). The fraction of sp³-hybridized carbons (Fsp3) is 0.875. The molecule has 1 aliphatic rings. The van der Waals surface area contributed by atoms with Gasteiger partial charge in [-0.2, -0.15) is 17.4 Å². The first-order valence-corrected chi connectivity index (χ1v) is 6.39. The van der Waals surface area contributed by atoms with Gasteiger partial charge in [-0.3, -0.25) is 5.41 Å². The van der Waals surface area contributed by atoms with Gasteiger partial charge in [-0.15, -0.1) is 0 Å². The van der Waals surface area contributed by atoms with Crippen molar-refractivity contribution in [1.82, 2.24) is 9.03 Å². The van der Waals surface area contributed by atoms with E-state index in [0.717, 1.165) is 12.8 Å². The lowest BCUT2D eigenvalue weighted by Gasteiger charge is -2.25. The van der Waals surface area contributed by atoms with Gasteiger partial charge >= 0.3 is 0 Å². The Kier molecular flexibility index (Phi) is 3.69. The average Bonchev–Trinajstić information content (AvgIpc) is 2.82. The van der Waals surface area contributed by atoms with Crippen LogP contribution in [-0.4, -0.2) is 37.2 Å². The molecule has 0 unspecified atom stereocenters. The Morgan fingerprint density at radius 1 is 1.60 bits per heavy atom. The second kappa shape index (κ2) is 4.46. The number of nitrogens with two attached hydrogens (primary N) is 1. The van der Waals surface area contributed by atoms with Crippen LogP contribution in [-0.2, 0) is 10.2 Å². The summed E-state index contributed by atoms with van der Waals surface area (Å²) in [4.78, 5) is 0. The average molecular weight is 234 g/mol. The molecular weight excluding hydrogens is 216 g/mol. The zero-order valence-electron chi connectivity index (χ0n) is 9.03. The van der Waals surface area contributed by atoms with E-state index in [1.54, 1.807) is 13.8 Å².